The predicted octanol–water partition coefficient (Wildman–Crippen LogP) is 2.04. The maximum absolute atomic E-state index is 13.0. The molecule has 0 aliphatic heterocycles. The summed E-state index contributed by atoms with van der Waals surface area (Å²) in [5, 5.41) is 12.7. The van der Waals surface area contributed by atoms with Gasteiger partial charge in [0.25, 0.3) is 0 Å². The first-order valence-electron chi connectivity index (χ1n) is 5.89. The van der Waals surface area contributed by atoms with Crippen molar-refractivity contribution in [2.24, 2.45) is 0 Å². The van der Waals surface area contributed by atoms with Crippen LogP contribution in [0.3, 0.4) is 0 Å². The fraction of sp³-hybridized carbons (Fsp3) is 0.538. The Balaban J connectivity index is 1.92. The van der Waals surface area contributed by atoms with E-state index in [1.54, 1.807) is 6.07 Å². The molecule has 1 aromatic rings. The minimum atomic E-state index is -0.236. The molecule has 0 amide bonds. The summed E-state index contributed by atoms with van der Waals surface area (Å²) in [5.41, 5.74) is 0.870. The molecule has 2 rings (SSSR count). The molecule has 1 aliphatic rings. The van der Waals surface area contributed by atoms with Crippen molar-refractivity contribution in [1.29, 1.82) is 0 Å². The highest BCUT2D eigenvalue weighted by Gasteiger charge is 2.19. The maximum Gasteiger partial charge on any atom is 0.123 e. The van der Waals surface area contributed by atoms with E-state index in [-0.39, 0.29) is 18.3 Å². The molecular weight excluding hydrogens is 205 g/mol. The summed E-state index contributed by atoms with van der Waals surface area (Å²) >= 11 is 0. The molecule has 0 spiro atoms. The second kappa shape index (κ2) is 5.41. The van der Waals surface area contributed by atoms with Gasteiger partial charge in [-0.25, -0.2) is 4.39 Å². The zero-order valence-electron chi connectivity index (χ0n) is 9.32. The lowest BCUT2D eigenvalue weighted by molar-refractivity contribution is 0.247. The van der Waals surface area contributed by atoms with Crippen molar-refractivity contribution in [3.05, 3.63) is 35.6 Å². The van der Waals surface area contributed by atoms with Crippen LogP contribution in [0.5, 0.6) is 0 Å². The van der Waals surface area contributed by atoms with E-state index in [2.05, 4.69) is 5.32 Å². The van der Waals surface area contributed by atoms with E-state index in [1.165, 1.54) is 31.4 Å². The molecule has 3 heteroatoms. The van der Waals surface area contributed by atoms with Crippen LogP contribution in [0.15, 0.2) is 24.3 Å². The van der Waals surface area contributed by atoms with Crippen LogP contribution >= 0.6 is 0 Å². The first kappa shape index (κ1) is 11.6. The van der Waals surface area contributed by atoms with Gasteiger partial charge in [-0.3, -0.25) is 0 Å². The molecule has 1 unspecified atom stereocenters. The molecule has 2 nitrogen and oxygen atoms in total. The molecule has 1 fully saturated rings. The molecule has 1 saturated carbocycles. The van der Waals surface area contributed by atoms with E-state index in [4.69, 9.17) is 0 Å². The fourth-order valence-electron chi connectivity index (χ4n) is 1.97. The largest absolute Gasteiger partial charge is 0.396 e. The van der Waals surface area contributed by atoms with Gasteiger partial charge in [0.05, 0.1) is 6.61 Å². The third kappa shape index (κ3) is 2.80. The van der Waals surface area contributed by atoms with Crippen molar-refractivity contribution in [3.63, 3.8) is 0 Å². The van der Waals surface area contributed by atoms with E-state index >= 15 is 0 Å². The zero-order chi connectivity index (χ0) is 11.4. The summed E-state index contributed by atoms with van der Waals surface area (Å²) < 4.78 is 13.0. The highest BCUT2D eigenvalue weighted by molar-refractivity contribution is 5.21. The average molecular weight is 223 g/mol. The number of hydrogen-bond acceptors (Lipinski definition) is 2. The standard InChI is InChI=1S/C13H18FNO/c14-12-4-1-3-10(7-12)11(9-16)8-15-13-5-2-6-13/h1,3-4,7,11,13,15-16H,2,5-6,8-9H2. The van der Waals surface area contributed by atoms with Crippen LogP contribution in [0.2, 0.25) is 0 Å². The van der Waals surface area contributed by atoms with Crippen molar-refractivity contribution in [1.82, 2.24) is 5.32 Å². The highest BCUT2D eigenvalue weighted by atomic mass is 19.1. The van der Waals surface area contributed by atoms with Crippen LogP contribution < -0.4 is 5.32 Å². The van der Waals surface area contributed by atoms with E-state index in [1.807, 2.05) is 6.07 Å². The highest BCUT2D eigenvalue weighted by Crippen LogP contribution is 2.20. The van der Waals surface area contributed by atoms with Gasteiger partial charge in [0, 0.05) is 18.5 Å². The molecule has 1 atom stereocenters. The lowest BCUT2D eigenvalue weighted by Gasteiger charge is -2.28. The molecule has 16 heavy (non-hydrogen) atoms. The van der Waals surface area contributed by atoms with Crippen molar-refractivity contribution in [3.8, 4) is 0 Å². The van der Waals surface area contributed by atoms with E-state index < -0.39 is 0 Å². The summed E-state index contributed by atoms with van der Waals surface area (Å²) in [6.45, 7) is 0.786. The minimum absolute atomic E-state index is 0.00343. The van der Waals surface area contributed by atoms with E-state index in [9.17, 15) is 9.50 Å². The topological polar surface area (TPSA) is 32.3 Å². The third-order valence-electron chi connectivity index (χ3n) is 3.30. The van der Waals surface area contributed by atoms with Crippen molar-refractivity contribution in [2.75, 3.05) is 13.2 Å². The maximum atomic E-state index is 13.0. The molecule has 88 valence electrons. The van der Waals surface area contributed by atoms with Gasteiger partial charge < -0.3 is 10.4 Å². The van der Waals surface area contributed by atoms with Crippen LogP contribution in [0, 0.1) is 5.82 Å². The lowest BCUT2D eigenvalue weighted by Crippen LogP contribution is -2.38. The second-order valence-electron chi connectivity index (χ2n) is 4.47. The minimum Gasteiger partial charge on any atom is -0.396 e. The Bertz CT molecular complexity index is 338. The van der Waals surface area contributed by atoms with Gasteiger partial charge in [0.2, 0.25) is 0 Å². The Morgan fingerprint density at radius 1 is 1.44 bits per heavy atom. The number of aliphatic hydroxyl groups is 1. The van der Waals surface area contributed by atoms with Crippen LogP contribution in [0.1, 0.15) is 30.7 Å². The number of nitrogens with one attached hydrogen (secondary N) is 1. The number of aliphatic hydroxyl groups excluding tert-OH is 1. The lowest BCUT2D eigenvalue weighted by atomic mass is 9.92. The quantitative estimate of drug-likeness (QED) is 0.800. The number of hydrogen-bond donors (Lipinski definition) is 2. The SMILES string of the molecule is OCC(CNC1CCC1)c1cccc(F)c1. The number of halogens is 1. The Hall–Kier alpha value is -0.930. The van der Waals surface area contributed by atoms with Gasteiger partial charge in [0.1, 0.15) is 5.82 Å². The zero-order valence-corrected chi connectivity index (χ0v) is 9.32. The molecule has 0 aromatic heterocycles. The van der Waals surface area contributed by atoms with Gasteiger partial charge in [0.15, 0.2) is 0 Å². The van der Waals surface area contributed by atoms with Crippen LogP contribution in [-0.4, -0.2) is 24.3 Å². The molecule has 0 saturated heterocycles. The molecule has 0 heterocycles. The third-order valence-corrected chi connectivity index (χ3v) is 3.30. The van der Waals surface area contributed by atoms with Crippen LogP contribution in [-0.2, 0) is 0 Å². The molecule has 1 aliphatic carbocycles. The first-order valence-corrected chi connectivity index (χ1v) is 5.89. The van der Waals surface area contributed by atoms with Gasteiger partial charge in [-0.1, -0.05) is 18.6 Å². The van der Waals surface area contributed by atoms with Gasteiger partial charge in [-0.05, 0) is 30.5 Å². The second-order valence-corrected chi connectivity index (χ2v) is 4.47. The van der Waals surface area contributed by atoms with Gasteiger partial charge in [-0.2, -0.15) is 0 Å². The van der Waals surface area contributed by atoms with Gasteiger partial charge in [-0.15, -0.1) is 0 Å². The molecule has 2 N–H and O–H groups in total. The summed E-state index contributed by atoms with van der Waals surface area (Å²) in [5.74, 6) is -0.240. The van der Waals surface area contributed by atoms with Crippen molar-refractivity contribution < 1.29 is 9.50 Å². The van der Waals surface area contributed by atoms with Crippen LogP contribution in [0.25, 0.3) is 0 Å². The predicted molar refractivity (Wildman–Crippen MR) is 61.9 cm³/mol. The van der Waals surface area contributed by atoms with Gasteiger partial charge >= 0.3 is 0 Å². The molecule has 0 radical (unpaired) electrons. The molecule has 1 aromatic carbocycles. The Kier molecular flexibility index (Phi) is 3.91. The summed E-state index contributed by atoms with van der Waals surface area (Å²) in [6.07, 6.45) is 3.74. The van der Waals surface area contributed by atoms with E-state index in [0.29, 0.717) is 6.04 Å². The smallest absolute Gasteiger partial charge is 0.123 e. The van der Waals surface area contributed by atoms with Crippen LogP contribution in [0.4, 0.5) is 4.39 Å². The Morgan fingerprint density at radius 3 is 2.81 bits per heavy atom. The monoisotopic (exact) mass is 223 g/mol. The number of benzene rings is 1. The first-order chi connectivity index (χ1) is 7.79. The number of rotatable bonds is 5. The van der Waals surface area contributed by atoms with Crippen molar-refractivity contribution >= 4 is 0 Å². The van der Waals surface area contributed by atoms with Crippen molar-refractivity contribution in [2.45, 2.75) is 31.2 Å². The Labute approximate surface area is 95.5 Å². The normalized spacial score (nSPS) is 18.1. The molecule has 0 bridgehead atoms. The summed E-state index contributed by atoms with van der Waals surface area (Å²) in [6, 6.07) is 7.09. The average Bonchev–Trinajstić information content (AvgIpc) is 2.22. The summed E-state index contributed by atoms with van der Waals surface area (Å²) in [4.78, 5) is 0. The summed E-state index contributed by atoms with van der Waals surface area (Å²) in [7, 11) is 0. The van der Waals surface area contributed by atoms with E-state index in [0.717, 1.165) is 12.1 Å². The Morgan fingerprint density at radius 2 is 2.25 bits per heavy atom. The fourth-order valence-corrected chi connectivity index (χ4v) is 1.97. The molecular formula is C13H18FNO.